The molecule has 0 N–H and O–H groups in total. The minimum absolute atomic E-state index is 0.0378. The molecule has 3 rings (SSSR count). The molecule has 3 fully saturated rings. The highest BCUT2D eigenvalue weighted by Gasteiger charge is 2.54. The van der Waals surface area contributed by atoms with Crippen molar-refractivity contribution in [2.24, 2.45) is 29.6 Å². The molecule has 0 aliphatic heterocycles. The van der Waals surface area contributed by atoms with E-state index in [0.717, 1.165) is 50.5 Å². The number of ether oxygens (including phenoxy) is 1. The van der Waals surface area contributed by atoms with E-state index < -0.39 is 0 Å². The Kier molecular flexibility index (Phi) is 5.79. The van der Waals surface area contributed by atoms with Crippen molar-refractivity contribution in [2.75, 3.05) is 6.61 Å². The van der Waals surface area contributed by atoms with Crippen LogP contribution in [0.4, 0.5) is 0 Å². The molecule has 134 valence electrons. The average Bonchev–Trinajstić information content (AvgIpc) is 2.98. The van der Waals surface area contributed by atoms with Gasteiger partial charge in [0.25, 0.3) is 0 Å². The summed E-state index contributed by atoms with van der Waals surface area (Å²) in [5, 5.41) is 18.9. The second kappa shape index (κ2) is 8.05. The molecule has 5 atom stereocenters. The van der Waals surface area contributed by atoms with Gasteiger partial charge in [-0.15, -0.1) is 0 Å². The lowest BCUT2D eigenvalue weighted by Gasteiger charge is -2.37. The maximum atomic E-state index is 12.7. The molecule has 3 aliphatic rings. The third-order valence-corrected chi connectivity index (χ3v) is 6.63. The van der Waals surface area contributed by atoms with E-state index in [9.17, 15) is 15.3 Å². The first-order valence-corrected chi connectivity index (χ1v) is 9.93. The molecule has 0 aromatic rings. The number of unbranched alkanes of at least 4 members (excludes halogenated alkanes) is 1. The zero-order chi connectivity index (χ0) is 17.8. The maximum Gasteiger partial charge on any atom is 0.309 e. The molecule has 0 bridgehead atoms. The number of nitrogens with zero attached hydrogens (tertiary/aromatic N) is 2. The lowest BCUT2D eigenvalue weighted by Crippen LogP contribution is -2.36. The number of rotatable bonds is 4. The van der Waals surface area contributed by atoms with Crippen LogP contribution >= 0.6 is 0 Å². The lowest BCUT2D eigenvalue weighted by molar-refractivity contribution is -0.153. The van der Waals surface area contributed by atoms with Crippen LogP contribution < -0.4 is 0 Å². The summed E-state index contributed by atoms with van der Waals surface area (Å²) in [5.41, 5.74) is 1.41. The van der Waals surface area contributed by atoms with Crippen molar-refractivity contribution in [2.45, 2.75) is 64.7 Å². The van der Waals surface area contributed by atoms with E-state index in [0.29, 0.717) is 24.0 Å². The normalized spacial score (nSPS) is 33.6. The molecular formula is C21H28N2O2. The summed E-state index contributed by atoms with van der Waals surface area (Å²) in [6.45, 7) is 2.61. The molecule has 0 radical (unpaired) electrons. The lowest BCUT2D eigenvalue weighted by atomic mass is 9.68. The number of fused-ring (bicyclic) bond motifs is 3. The third kappa shape index (κ3) is 3.32. The van der Waals surface area contributed by atoms with Gasteiger partial charge in [-0.3, -0.25) is 4.79 Å². The summed E-state index contributed by atoms with van der Waals surface area (Å²) in [6.07, 6.45) is 9.39. The summed E-state index contributed by atoms with van der Waals surface area (Å²) in [4.78, 5) is 12.7. The summed E-state index contributed by atoms with van der Waals surface area (Å²) >= 11 is 0. The SMILES string of the molecule is CCCCOC(=O)C1CCCC2C(=C(C#N)C#N)C3CCCCC3C12. The fourth-order valence-corrected chi connectivity index (χ4v) is 5.69. The highest BCUT2D eigenvalue weighted by molar-refractivity contribution is 5.73. The molecule has 3 aliphatic carbocycles. The van der Waals surface area contributed by atoms with Gasteiger partial charge in [-0.25, -0.2) is 0 Å². The predicted octanol–water partition coefficient (Wildman–Crippen LogP) is 4.53. The van der Waals surface area contributed by atoms with Crippen molar-refractivity contribution in [3.63, 3.8) is 0 Å². The molecule has 5 unspecified atom stereocenters. The van der Waals surface area contributed by atoms with Crippen LogP contribution in [0.25, 0.3) is 0 Å². The Morgan fingerprint density at radius 1 is 1.08 bits per heavy atom. The van der Waals surface area contributed by atoms with Gasteiger partial charge in [-0.2, -0.15) is 10.5 Å². The Hall–Kier alpha value is -1.81. The Balaban J connectivity index is 1.90. The molecule has 0 amide bonds. The second-order valence-electron chi connectivity index (χ2n) is 7.85. The molecule has 0 spiro atoms. The molecule has 4 nitrogen and oxygen atoms in total. The van der Waals surface area contributed by atoms with Gasteiger partial charge >= 0.3 is 5.97 Å². The molecule has 0 heterocycles. The highest BCUT2D eigenvalue weighted by Crippen LogP contribution is 2.59. The topological polar surface area (TPSA) is 73.9 Å². The van der Waals surface area contributed by atoms with Crippen LogP contribution in [0.2, 0.25) is 0 Å². The van der Waals surface area contributed by atoms with Gasteiger partial charge in [0, 0.05) is 0 Å². The first kappa shape index (κ1) is 18.0. The number of allylic oxidation sites excluding steroid dienone is 2. The summed E-state index contributed by atoms with van der Waals surface area (Å²) in [7, 11) is 0. The van der Waals surface area contributed by atoms with E-state index in [1.165, 1.54) is 12.8 Å². The molecule has 3 saturated carbocycles. The first-order valence-electron chi connectivity index (χ1n) is 9.93. The third-order valence-electron chi connectivity index (χ3n) is 6.63. The molecule has 25 heavy (non-hydrogen) atoms. The highest BCUT2D eigenvalue weighted by atomic mass is 16.5. The minimum Gasteiger partial charge on any atom is -0.465 e. The van der Waals surface area contributed by atoms with Crippen LogP contribution in [0.5, 0.6) is 0 Å². The Morgan fingerprint density at radius 2 is 1.80 bits per heavy atom. The summed E-state index contributed by atoms with van der Waals surface area (Å²) in [5.74, 6) is 1.22. The smallest absolute Gasteiger partial charge is 0.309 e. The van der Waals surface area contributed by atoms with E-state index in [4.69, 9.17) is 4.74 Å². The molecular weight excluding hydrogens is 312 g/mol. The molecule has 4 heteroatoms. The van der Waals surface area contributed by atoms with E-state index >= 15 is 0 Å². The monoisotopic (exact) mass is 340 g/mol. The Morgan fingerprint density at radius 3 is 2.52 bits per heavy atom. The predicted molar refractivity (Wildman–Crippen MR) is 93.9 cm³/mol. The molecule has 0 aromatic heterocycles. The van der Waals surface area contributed by atoms with Gasteiger partial charge in [0.05, 0.1) is 12.5 Å². The van der Waals surface area contributed by atoms with Crippen molar-refractivity contribution < 1.29 is 9.53 Å². The quantitative estimate of drug-likeness (QED) is 0.428. The summed E-state index contributed by atoms with van der Waals surface area (Å²) < 4.78 is 5.57. The number of hydrogen-bond acceptors (Lipinski definition) is 4. The van der Waals surface area contributed by atoms with Gasteiger partial charge < -0.3 is 4.74 Å². The van der Waals surface area contributed by atoms with Gasteiger partial charge in [0.15, 0.2) is 0 Å². The Bertz CT molecular complexity index is 609. The molecule has 0 saturated heterocycles. The average molecular weight is 340 g/mol. The van der Waals surface area contributed by atoms with Gasteiger partial charge in [-0.1, -0.05) is 32.6 Å². The Labute approximate surface area is 150 Å². The first-order chi connectivity index (χ1) is 12.2. The minimum atomic E-state index is -0.0441. The number of carbonyl (C=O) groups excluding carboxylic acids is 1. The fourth-order valence-electron chi connectivity index (χ4n) is 5.69. The van der Waals surface area contributed by atoms with E-state index in [1.54, 1.807) is 0 Å². The van der Waals surface area contributed by atoms with Crippen LogP contribution in [0.15, 0.2) is 11.1 Å². The van der Waals surface area contributed by atoms with E-state index in [1.807, 2.05) is 0 Å². The van der Waals surface area contributed by atoms with Crippen molar-refractivity contribution in [1.82, 2.24) is 0 Å². The second-order valence-corrected chi connectivity index (χ2v) is 7.85. The summed E-state index contributed by atoms with van der Waals surface area (Å²) in [6, 6.07) is 4.30. The standard InChI is InChI=1S/C21H28N2O2/c1-2-3-11-25-21(24)18-10-6-9-17-19(14(12-22)13-23)15-7-4-5-8-16(15)20(17)18/h15-18,20H,2-11H2,1H3. The van der Waals surface area contributed by atoms with Gasteiger partial charge in [0.1, 0.15) is 17.7 Å². The van der Waals surface area contributed by atoms with Gasteiger partial charge in [0.2, 0.25) is 0 Å². The zero-order valence-corrected chi connectivity index (χ0v) is 15.2. The van der Waals surface area contributed by atoms with Crippen molar-refractivity contribution >= 4 is 5.97 Å². The number of nitriles is 2. The van der Waals surface area contributed by atoms with Gasteiger partial charge in [-0.05, 0) is 61.3 Å². The van der Waals surface area contributed by atoms with Crippen molar-refractivity contribution in [3.8, 4) is 12.1 Å². The zero-order valence-electron chi connectivity index (χ0n) is 15.2. The van der Waals surface area contributed by atoms with E-state index in [-0.39, 0.29) is 23.7 Å². The maximum absolute atomic E-state index is 12.7. The van der Waals surface area contributed by atoms with Crippen LogP contribution in [-0.2, 0) is 9.53 Å². The van der Waals surface area contributed by atoms with E-state index in [2.05, 4.69) is 19.1 Å². The van der Waals surface area contributed by atoms with Crippen LogP contribution in [-0.4, -0.2) is 12.6 Å². The van der Waals surface area contributed by atoms with Crippen molar-refractivity contribution in [3.05, 3.63) is 11.1 Å². The number of carbonyl (C=O) groups is 1. The van der Waals surface area contributed by atoms with Crippen LogP contribution in [0.1, 0.15) is 64.7 Å². The number of hydrogen-bond donors (Lipinski definition) is 0. The van der Waals surface area contributed by atoms with Crippen LogP contribution in [0.3, 0.4) is 0 Å². The fraction of sp³-hybridized carbons (Fsp3) is 0.762. The van der Waals surface area contributed by atoms with Crippen molar-refractivity contribution in [1.29, 1.82) is 10.5 Å². The largest absolute Gasteiger partial charge is 0.465 e. The molecule has 0 aromatic carbocycles. The number of esters is 1. The van der Waals surface area contributed by atoms with Crippen LogP contribution in [0, 0.1) is 52.3 Å².